The second-order valence-electron chi connectivity index (χ2n) is 5.96. The van der Waals surface area contributed by atoms with Crippen LogP contribution in [0.4, 0.5) is 5.69 Å². The molecule has 0 atom stereocenters. The number of carbonyl (C=O) groups is 2. The lowest BCUT2D eigenvalue weighted by atomic mass is 10.1. The van der Waals surface area contributed by atoms with Crippen molar-refractivity contribution in [1.82, 2.24) is 5.43 Å². The van der Waals surface area contributed by atoms with Gasteiger partial charge in [0.15, 0.2) is 11.5 Å². The normalized spacial score (nSPS) is 15.5. The first-order chi connectivity index (χ1) is 12.3. The number of phenolic OH excluding ortho intramolecular Hbond substituents is 1. The maximum atomic E-state index is 12.7. The number of anilines is 1. The number of phenols is 1. The molecule has 6 nitrogen and oxygen atoms in total. The van der Waals surface area contributed by atoms with Gasteiger partial charge in [0, 0.05) is 0 Å². The minimum absolute atomic E-state index is 0.0352. The first-order valence-electron chi connectivity index (χ1n) is 7.82. The van der Waals surface area contributed by atoms with Gasteiger partial charge in [-0.25, -0.2) is 5.01 Å². The van der Waals surface area contributed by atoms with Crippen LogP contribution in [0.25, 0.3) is 6.08 Å². The van der Waals surface area contributed by atoms with E-state index in [1.807, 2.05) is 26.0 Å². The number of amides is 2. The molecule has 3 rings (SSSR count). The van der Waals surface area contributed by atoms with Crippen molar-refractivity contribution in [3.05, 3.63) is 57.6 Å². The predicted octanol–water partition coefficient (Wildman–Crippen LogP) is 3.13. The van der Waals surface area contributed by atoms with Gasteiger partial charge in [-0.2, -0.15) is 0 Å². The van der Waals surface area contributed by atoms with Crippen LogP contribution in [0.3, 0.4) is 0 Å². The van der Waals surface area contributed by atoms with E-state index < -0.39 is 11.8 Å². The number of carbonyl (C=O) groups excluding carboxylic acids is 2. The summed E-state index contributed by atoms with van der Waals surface area (Å²) in [4.78, 5) is 25.0. The topological polar surface area (TPSA) is 78.9 Å². The van der Waals surface area contributed by atoms with Gasteiger partial charge in [-0.05, 0) is 60.9 Å². The summed E-state index contributed by atoms with van der Waals surface area (Å²) in [7, 11) is 1.39. The number of aromatic hydroxyl groups is 1. The monoisotopic (exact) mass is 372 g/mol. The fourth-order valence-electron chi connectivity index (χ4n) is 2.60. The molecule has 2 N–H and O–H groups in total. The van der Waals surface area contributed by atoms with Crippen LogP contribution in [0.15, 0.2) is 35.9 Å². The third-order valence-corrected chi connectivity index (χ3v) is 4.51. The second kappa shape index (κ2) is 6.72. The molecular formula is C19H17ClN2O4. The summed E-state index contributed by atoms with van der Waals surface area (Å²) < 4.78 is 5.04. The van der Waals surface area contributed by atoms with Crippen molar-refractivity contribution in [2.24, 2.45) is 0 Å². The summed E-state index contributed by atoms with van der Waals surface area (Å²) in [6, 6.07) is 8.43. The Hall–Kier alpha value is -2.99. The molecular weight excluding hydrogens is 356 g/mol. The summed E-state index contributed by atoms with van der Waals surface area (Å²) in [5.41, 5.74) is 5.66. The summed E-state index contributed by atoms with van der Waals surface area (Å²) in [5, 5.41) is 11.1. The van der Waals surface area contributed by atoms with E-state index in [9.17, 15) is 14.7 Å². The van der Waals surface area contributed by atoms with Gasteiger partial charge in [-0.15, -0.1) is 0 Å². The van der Waals surface area contributed by atoms with Crippen LogP contribution in [0, 0.1) is 13.8 Å². The number of hydrogen-bond acceptors (Lipinski definition) is 4. The summed E-state index contributed by atoms with van der Waals surface area (Å²) in [6.07, 6.45) is 1.41. The van der Waals surface area contributed by atoms with E-state index in [4.69, 9.17) is 16.3 Å². The standard InChI is InChI=1S/C19H17ClN2O4/c1-10-4-5-13(6-11(10)2)22-19(25)14(18(24)21-22)7-12-8-15(20)17(23)16(9-12)26-3/h4-9,23H,1-3H3,(H,21,24)/b14-7-. The molecule has 2 amide bonds. The lowest BCUT2D eigenvalue weighted by Gasteiger charge is -2.16. The number of halogens is 1. The molecule has 2 aromatic rings. The minimum Gasteiger partial charge on any atom is -0.503 e. The Morgan fingerprint density at radius 1 is 1.15 bits per heavy atom. The third kappa shape index (κ3) is 3.11. The number of nitrogens with zero attached hydrogens (tertiary/aromatic N) is 1. The van der Waals surface area contributed by atoms with E-state index in [1.165, 1.54) is 30.3 Å². The van der Waals surface area contributed by atoms with Gasteiger partial charge in [0.05, 0.1) is 17.8 Å². The first kappa shape index (κ1) is 17.8. The van der Waals surface area contributed by atoms with Crippen LogP contribution in [-0.2, 0) is 9.59 Å². The number of aryl methyl sites for hydroxylation is 2. The molecule has 0 aromatic heterocycles. The fourth-order valence-corrected chi connectivity index (χ4v) is 2.82. The van der Waals surface area contributed by atoms with Crippen LogP contribution < -0.4 is 15.2 Å². The highest BCUT2D eigenvalue weighted by Crippen LogP contribution is 2.36. The molecule has 7 heteroatoms. The van der Waals surface area contributed by atoms with Crippen LogP contribution in [0.2, 0.25) is 5.02 Å². The number of hydrogen-bond donors (Lipinski definition) is 2. The number of ether oxygens (including phenoxy) is 1. The predicted molar refractivity (Wildman–Crippen MR) is 99.2 cm³/mol. The Bertz CT molecular complexity index is 953. The van der Waals surface area contributed by atoms with Gasteiger partial charge in [-0.1, -0.05) is 17.7 Å². The zero-order valence-corrected chi connectivity index (χ0v) is 15.2. The SMILES string of the molecule is COc1cc(/C=C2/C(=O)NN(c3ccc(C)c(C)c3)C2=O)cc(Cl)c1O. The first-order valence-corrected chi connectivity index (χ1v) is 8.20. The Balaban J connectivity index is 1.98. The van der Waals surface area contributed by atoms with Crippen LogP contribution in [0.1, 0.15) is 16.7 Å². The maximum Gasteiger partial charge on any atom is 0.282 e. The van der Waals surface area contributed by atoms with Gasteiger partial charge in [0.25, 0.3) is 11.8 Å². The van der Waals surface area contributed by atoms with Gasteiger partial charge in [0.1, 0.15) is 5.57 Å². The molecule has 1 aliphatic rings. The Labute approximate surface area is 155 Å². The van der Waals surface area contributed by atoms with Crippen LogP contribution in [0.5, 0.6) is 11.5 Å². The zero-order chi connectivity index (χ0) is 19.0. The van der Waals surface area contributed by atoms with E-state index in [0.717, 1.165) is 11.1 Å². The highest BCUT2D eigenvalue weighted by Gasteiger charge is 2.34. The van der Waals surface area contributed by atoms with Gasteiger partial charge >= 0.3 is 0 Å². The molecule has 0 spiro atoms. The number of methoxy groups -OCH3 is 1. The molecule has 1 heterocycles. The van der Waals surface area contributed by atoms with Crippen molar-refractivity contribution in [3.63, 3.8) is 0 Å². The lowest BCUT2D eigenvalue weighted by Crippen LogP contribution is -2.35. The number of rotatable bonds is 3. The van der Waals surface area contributed by atoms with Crippen molar-refractivity contribution in [3.8, 4) is 11.5 Å². The zero-order valence-electron chi connectivity index (χ0n) is 14.5. The number of benzene rings is 2. The summed E-state index contributed by atoms with van der Waals surface area (Å²) in [6.45, 7) is 3.90. The number of hydrazine groups is 1. The molecule has 0 unspecified atom stereocenters. The van der Waals surface area contributed by atoms with Crippen molar-refractivity contribution in [2.75, 3.05) is 12.1 Å². The minimum atomic E-state index is -0.517. The highest BCUT2D eigenvalue weighted by atomic mass is 35.5. The fraction of sp³-hybridized carbons (Fsp3) is 0.158. The van der Waals surface area contributed by atoms with Gasteiger partial charge in [-0.3, -0.25) is 15.0 Å². The average Bonchev–Trinajstić information content (AvgIpc) is 2.88. The highest BCUT2D eigenvalue weighted by molar-refractivity contribution is 6.33. The second-order valence-corrected chi connectivity index (χ2v) is 6.37. The van der Waals surface area contributed by atoms with Gasteiger partial charge in [0.2, 0.25) is 0 Å². The molecule has 26 heavy (non-hydrogen) atoms. The maximum absolute atomic E-state index is 12.7. The van der Waals surface area contributed by atoms with E-state index in [2.05, 4.69) is 5.43 Å². The quantitative estimate of drug-likeness (QED) is 0.641. The van der Waals surface area contributed by atoms with Crippen molar-refractivity contribution < 1.29 is 19.4 Å². The molecule has 0 aliphatic carbocycles. The lowest BCUT2D eigenvalue weighted by molar-refractivity contribution is -0.117. The smallest absolute Gasteiger partial charge is 0.282 e. The largest absolute Gasteiger partial charge is 0.503 e. The third-order valence-electron chi connectivity index (χ3n) is 4.22. The Morgan fingerprint density at radius 3 is 2.54 bits per heavy atom. The molecule has 1 aliphatic heterocycles. The molecule has 1 saturated heterocycles. The van der Waals surface area contributed by atoms with E-state index in [1.54, 1.807) is 6.07 Å². The van der Waals surface area contributed by atoms with E-state index in [0.29, 0.717) is 11.3 Å². The molecule has 0 saturated carbocycles. The van der Waals surface area contributed by atoms with Crippen molar-refractivity contribution in [1.29, 1.82) is 0 Å². The van der Waals surface area contributed by atoms with E-state index in [-0.39, 0.29) is 22.1 Å². The molecule has 1 fully saturated rings. The molecule has 0 radical (unpaired) electrons. The van der Waals surface area contributed by atoms with Crippen LogP contribution >= 0.6 is 11.6 Å². The average molecular weight is 373 g/mol. The van der Waals surface area contributed by atoms with Crippen molar-refractivity contribution in [2.45, 2.75) is 13.8 Å². The summed E-state index contributed by atoms with van der Waals surface area (Å²) >= 11 is 5.96. The molecule has 2 aromatic carbocycles. The molecule has 0 bridgehead atoms. The Kier molecular flexibility index (Phi) is 4.61. The number of nitrogens with one attached hydrogen (secondary N) is 1. The Morgan fingerprint density at radius 2 is 1.88 bits per heavy atom. The van der Waals surface area contributed by atoms with Crippen LogP contribution in [-0.4, -0.2) is 24.0 Å². The van der Waals surface area contributed by atoms with E-state index >= 15 is 0 Å². The van der Waals surface area contributed by atoms with Gasteiger partial charge < -0.3 is 9.84 Å². The summed E-state index contributed by atoms with van der Waals surface area (Å²) in [5.74, 6) is -1.03. The molecule has 134 valence electrons. The van der Waals surface area contributed by atoms with Crippen molar-refractivity contribution >= 4 is 35.2 Å².